The zero-order valence-electron chi connectivity index (χ0n) is 17.6. The summed E-state index contributed by atoms with van der Waals surface area (Å²) in [5.74, 6) is -1.11. The molecule has 9 nitrogen and oxygen atoms in total. The summed E-state index contributed by atoms with van der Waals surface area (Å²) in [5, 5.41) is 13.9. The van der Waals surface area contributed by atoms with Crippen molar-refractivity contribution >= 4 is 28.8 Å². The maximum absolute atomic E-state index is 13.1. The van der Waals surface area contributed by atoms with E-state index in [2.05, 4.69) is 31.0 Å². The summed E-state index contributed by atoms with van der Waals surface area (Å²) in [6, 6.07) is 19.4. The Hall–Kier alpha value is -4.66. The maximum Gasteiger partial charge on any atom is 0.272 e. The van der Waals surface area contributed by atoms with Gasteiger partial charge in [-0.25, -0.2) is 10.5 Å². The minimum Gasteiger partial charge on any atom is -0.335 e. The molecule has 2 aromatic carbocycles. The quantitative estimate of drug-likeness (QED) is 0.313. The van der Waals surface area contributed by atoms with Gasteiger partial charge in [0, 0.05) is 16.6 Å². The number of aromatic nitrogens is 3. The first-order valence-electron chi connectivity index (χ1n) is 10.1. The monoisotopic (exact) mass is 440 g/mol. The topological polar surface area (TPSA) is 129 Å². The average molecular weight is 440 g/mol. The van der Waals surface area contributed by atoms with Crippen molar-refractivity contribution in [2.75, 3.05) is 0 Å². The van der Waals surface area contributed by atoms with Gasteiger partial charge in [0.2, 0.25) is 0 Å². The number of aromatic amines is 1. The molecule has 33 heavy (non-hydrogen) atoms. The van der Waals surface area contributed by atoms with Crippen molar-refractivity contribution in [1.82, 2.24) is 25.9 Å². The molecule has 2 heterocycles. The first-order valence-corrected chi connectivity index (χ1v) is 10.1. The van der Waals surface area contributed by atoms with Crippen molar-refractivity contribution in [3.63, 3.8) is 0 Å². The fourth-order valence-corrected chi connectivity index (χ4v) is 3.28. The number of H-pyrrole nitrogens is 1. The summed E-state index contributed by atoms with van der Waals surface area (Å²) in [4.78, 5) is 42.4. The predicted octanol–water partition coefficient (Wildman–Crippen LogP) is 2.25. The van der Waals surface area contributed by atoms with Crippen molar-refractivity contribution in [2.24, 2.45) is 5.10 Å². The number of carbonyl (C=O) groups excluding carboxylic acids is 2. The molecule has 0 radical (unpaired) electrons. The molecule has 1 atom stereocenters. The highest BCUT2D eigenvalue weighted by Crippen LogP contribution is 2.20. The van der Waals surface area contributed by atoms with Crippen LogP contribution in [0.3, 0.4) is 0 Å². The van der Waals surface area contributed by atoms with Crippen molar-refractivity contribution in [3.8, 4) is 0 Å². The van der Waals surface area contributed by atoms with Crippen LogP contribution in [0, 0.1) is 6.92 Å². The van der Waals surface area contributed by atoms with E-state index in [0.29, 0.717) is 22.0 Å². The third-order valence-corrected chi connectivity index (χ3v) is 4.85. The van der Waals surface area contributed by atoms with E-state index in [9.17, 15) is 14.4 Å². The van der Waals surface area contributed by atoms with E-state index in [1.54, 1.807) is 60.7 Å². The largest absolute Gasteiger partial charge is 0.335 e. The van der Waals surface area contributed by atoms with Crippen LogP contribution in [-0.2, 0) is 4.79 Å². The number of fused-ring (bicyclic) bond motifs is 1. The number of aryl methyl sites for hydroxylation is 1. The van der Waals surface area contributed by atoms with Crippen molar-refractivity contribution < 1.29 is 9.59 Å². The third-order valence-electron chi connectivity index (χ3n) is 4.85. The minimum atomic E-state index is -1.22. The van der Waals surface area contributed by atoms with E-state index in [1.807, 2.05) is 19.1 Å². The Morgan fingerprint density at radius 3 is 2.45 bits per heavy atom. The Morgan fingerprint density at radius 1 is 0.970 bits per heavy atom. The zero-order chi connectivity index (χ0) is 23.2. The molecule has 0 spiro atoms. The number of pyridine rings is 1. The smallest absolute Gasteiger partial charge is 0.272 e. The standard InChI is InChI=1S/C24H20N6O3/c1-15-8-7-11-17(26-15)14-25-29-24(33)21(27-22(31)16-9-3-2-4-10-16)20-18-12-5-6-13-19(18)23(32)30-28-20/h2-14,21H,1H3,(H,27,31)(H,29,33)(H,30,32)/b25-14-/t21-/m1/s1. The molecule has 2 aromatic heterocycles. The highest BCUT2D eigenvalue weighted by molar-refractivity contribution is 5.99. The molecule has 2 amide bonds. The normalized spacial score (nSPS) is 11.9. The number of amides is 2. The zero-order valence-corrected chi connectivity index (χ0v) is 17.6. The summed E-state index contributed by atoms with van der Waals surface area (Å²) in [7, 11) is 0. The molecule has 164 valence electrons. The molecule has 0 unspecified atom stereocenters. The second kappa shape index (κ2) is 9.65. The minimum absolute atomic E-state index is 0.191. The van der Waals surface area contributed by atoms with Crippen LogP contribution in [-0.4, -0.2) is 33.2 Å². The van der Waals surface area contributed by atoms with Crippen molar-refractivity contribution in [3.05, 3.63) is 106 Å². The van der Waals surface area contributed by atoms with Gasteiger partial charge in [-0.3, -0.25) is 19.4 Å². The van der Waals surface area contributed by atoms with Gasteiger partial charge in [-0.2, -0.15) is 10.2 Å². The summed E-state index contributed by atoms with van der Waals surface area (Å²) in [5.41, 5.74) is 3.96. The van der Waals surface area contributed by atoms with Crippen LogP contribution in [0.15, 0.2) is 82.7 Å². The van der Waals surface area contributed by atoms with Gasteiger partial charge in [0.05, 0.1) is 17.3 Å². The maximum atomic E-state index is 13.1. The predicted molar refractivity (Wildman–Crippen MR) is 124 cm³/mol. The van der Waals surface area contributed by atoms with E-state index in [-0.39, 0.29) is 5.69 Å². The van der Waals surface area contributed by atoms with Gasteiger partial charge in [-0.05, 0) is 37.3 Å². The second-order valence-electron chi connectivity index (χ2n) is 7.19. The highest BCUT2D eigenvalue weighted by atomic mass is 16.2. The Bertz CT molecular complexity index is 1400. The third kappa shape index (κ3) is 4.99. The Balaban J connectivity index is 1.67. The van der Waals surface area contributed by atoms with Gasteiger partial charge in [0.1, 0.15) is 5.69 Å². The lowest BCUT2D eigenvalue weighted by Crippen LogP contribution is -2.40. The molecule has 0 saturated carbocycles. The summed E-state index contributed by atoms with van der Waals surface area (Å²) < 4.78 is 0. The molecular formula is C24H20N6O3. The number of nitrogens with one attached hydrogen (secondary N) is 3. The van der Waals surface area contributed by atoms with Gasteiger partial charge >= 0.3 is 0 Å². The van der Waals surface area contributed by atoms with Gasteiger partial charge in [0.15, 0.2) is 6.04 Å². The number of hydrazone groups is 1. The van der Waals surface area contributed by atoms with Gasteiger partial charge < -0.3 is 5.32 Å². The number of carbonyl (C=O) groups is 2. The van der Waals surface area contributed by atoms with Gasteiger partial charge in [0.25, 0.3) is 17.4 Å². The molecule has 0 saturated heterocycles. The summed E-state index contributed by atoms with van der Waals surface area (Å²) >= 11 is 0. The first-order chi connectivity index (χ1) is 16.0. The van der Waals surface area contributed by atoms with E-state index in [0.717, 1.165) is 5.69 Å². The van der Waals surface area contributed by atoms with E-state index in [1.165, 1.54) is 6.21 Å². The Labute approximate surface area is 188 Å². The second-order valence-corrected chi connectivity index (χ2v) is 7.19. The number of rotatable bonds is 6. The highest BCUT2D eigenvalue weighted by Gasteiger charge is 2.27. The molecular weight excluding hydrogens is 420 g/mol. The van der Waals surface area contributed by atoms with Crippen LogP contribution in [0.4, 0.5) is 0 Å². The molecule has 9 heteroatoms. The van der Waals surface area contributed by atoms with Gasteiger partial charge in [-0.1, -0.05) is 42.5 Å². The van der Waals surface area contributed by atoms with Crippen molar-refractivity contribution in [2.45, 2.75) is 13.0 Å². The molecule has 0 aliphatic heterocycles. The van der Waals surface area contributed by atoms with Crippen LogP contribution in [0.25, 0.3) is 10.8 Å². The van der Waals surface area contributed by atoms with Crippen LogP contribution in [0.2, 0.25) is 0 Å². The fourth-order valence-electron chi connectivity index (χ4n) is 3.28. The molecule has 4 rings (SSSR count). The average Bonchev–Trinajstić information content (AvgIpc) is 2.84. The first kappa shape index (κ1) is 21.6. The summed E-state index contributed by atoms with van der Waals surface area (Å²) in [6.07, 6.45) is 1.40. The van der Waals surface area contributed by atoms with Crippen LogP contribution in [0.1, 0.15) is 33.5 Å². The summed E-state index contributed by atoms with van der Waals surface area (Å²) in [6.45, 7) is 1.85. The molecule has 4 aromatic rings. The van der Waals surface area contributed by atoms with E-state index >= 15 is 0 Å². The van der Waals surface area contributed by atoms with Crippen molar-refractivity contribution in [1.29, 1.82) is 0 Å². The molecule has 0 fully saturated rings. The SMILES string of the molecule is Cc1cccc(/C=N\NC(=O)[C@H](NC(=O)c2ccccc2)c2n[nH]c(=O)c3ccccc23)n1. The lowest BCUT2D eigenvalue weighted by atomic mass is 10.0. The number of nitrogens with zero attached hydrogens (tertiary/aromatic N) is 3. The number of hydrogen-bond donors (Lipinski definition) is 3. The van der Waals surface area contributed by atoms with Gasteiger partial charge in [-0.15, -0.1) is 0 Å². The Kier molecular flexibility index (Phi) is 6.31. The lowest BCUT2D eigenvalue weighted by Gasteiger charge is -2.18. The van der Waals surface area contributed by atoms with E-state index in [4.69, 9.17) is 0 Å². The number of benzene rings is 2. The Morgan fingerprint density at radius 2 is 1.70 bits per heavy atom. The molecule has 0 bridgehead atoms. The van der Waals surface area contributed by atoms with Crippen LogP contribution >= 0.6 is 0 Å². The van der Waals surface area contributed by atoms with E-state index < -0.39 is 23.4 Å². The molecule has 3 N–H and O–H groups in total. The lowest BCUT2D eigenvalue weighted by molar-refractivity contribution is -0.123. The fraction of sp³-hybridized carbons (Fsp3) is 0.0833. The molecule has 0 aliphatic carbocycles. The molecule has 0 aliphatic rings. The van der Waals surface area contributed by atoms with Crippen LogP contribution in [0.5, 0.6) is 0 Å². The van der Waals surface area contributed by atoms with Crippen LogP contribution < -0.4 is 16.3 Å². The number of hydrogen-bond acceptors (Lipinski definition) is 6.